The molecule has 3 N–H and O–H groups in total. The van der Waals surface area contributed by atoms with Crippen molar-refractivity contribution in [2.24, 2.45) is 0 Å². The quantitative estimate of drug-likeness (QED) is 0.335. The maximum atomic E-state index is 13.7. The van der Waals surface area contributed by atoms with Crippen molar-refractivity contribution in [1.82, 2.24) is 14.9 Å². The SMILES string of the molecule is Cc1ccccc1CNC(=O)C1N(C(=O)C(O)C(Cc2ccccc2)NS(=O)(=O)c2cccs2)CSC1(C)C. The van der Waals surface area contributed by atoms with Crippen molar-refractivity contribution >= 4 is 44.9 Å². The monoisotopic (exact) mass is 587 g/mol. The third-order valence-corrected chi connectivity index (χ3v) is 11.1. The summed E-state index contributed by atoms with van der Waals surface area (Å²) in [6.45, 7) is 6.05. The Labute approximate surface area is 237 Å². The molecule has 0 bridgehead atoms. The van der Waals surface area contributed by atoms with Crippen molar-refractivity contribution in [2.45, 2.75) is 60.9 Å². The number of carbonyl (C=O) groups excluding carboxylic acids is 2. The van der Waals surface area contributed by atoms with Crippen molar-refractivity contribution in [2.75, 3.05) is 5.88 Å². The average Bonchev–Trinajstić information content (AvgIpc) is 3.56. The number of hydrogen-bond donors (Lipinski definition) is 3. The normalized spacial score (nSPS) is 18.5. The van der Waals surface area contributed by atoms with Gasteiger partial charge in [0, 0.05) is 11.3 Å². The van der Waals surface area contributed by atoms with Gasteiger partial charge in [0.05, 0.1) is 11.9 Å². The van der Waals surface area contributed by atoms with Gasteiger partial charge in [-0.3, -0.25) is 9.59 Å². The first kappa shape index (κ1) is 29.3. The van der Waals surface area contributed by atoms with E-state index in [9.17, 15) is 23.1 Å². The zero-order chi connectivity index (χ0) is 28.2. The van der Waals surface area contributed by atoms with Gasteiger partial charge in [-0.1, -0.05) is 60.7 Å². The molecule has 0 saturated carbocycles. The largest absolute Gasteiger partial charge is 0.382 e. The number of amides is 2. The Kier molecular flexibility index (Phi) is 9.18. The highest BCUT2D eigenvalue weighted by Crippen LogP contribution is 2.40. The summed E-state index contributed by atoms with van der Waals surface area (Å²) in [7, 11) is -3.98. The van der Waals surface area contributed by atoms with Gasteiger partial charge in [0.25, 0.3) is 5.91 Å². The van der Waals surface area contributed by atoms with Crippen molar-refractivity contribution in [3.8, 4) is 0 Å². The van der Waals surface area contributed by atoms with Crippen LogP contribution in [0.15, 0.2) is 76.3 Å². The molecule has 39 heavy (non-hydrogen) atoms. The van der Waals surface area contributed by atoms with E-state index in [0.717, 1.165) is 28.0 Å². The van der Waals surface area contributed by atoms with Gasteiger partial charge >= 0.3 is 0 Å². The lowest BCUT2D eigenvalue weighted by Crippen LogP contribution is -2.58. The second-order valence-electron chi connectivity index (χ2n) is 10.0. The lowest BCUT2D eigenvalue weighted by molar-refractivity contribution is -0.147. The lowest BCUT2D eigenvalue weighted by Gasteiger charge is -2.33. The lowest BCUT2D eigenvalue weighted by atomic mass is 9.97. The molecule has 11 heteroatoms. The molecule has 1 aliphatic heterocycles. The Hall–Kier alpha value is -2.70. The van der Waals surface area contributed by atoms with Crippen LogP contribution in [0, 0.1) is 6.92 Å². The van der Waals surface area contributed by atoms with E-state index in [2.05, 4.69) is 10.0 Å². The Bertz CT molecular complexity index is 1390. The van der Waals surface area contributed by atoms with Gasteiger partial charge in [0.2, 0.25) is 15.9 Å². The fraction of sp³-hybridized carbons (Fsp3) is 0.357. The van der Waals surface area contributed by atoms with Gasteiger partial charge in [-0.25, -0.2) is 13.1 Å². The fourth-order valence-electron chi connectivity index (χ4n) is 4.60. The standard InChI is InChI=1S/C28H33N3O5S3/c1-19-10-7-8-13-21(19)17-29-26(33)25-28(2,3)38-18-31(25)27(34)24(32)22(16-20-11-5-4-6-12-20)30-39(35,36)23-14-9-15-37-23/h4-15,22,24-25,30,32H,16-18H2,1-3H3,(H,29,33). The molecule has 2 amide bonds. The number of carbonyl (C=O) groups is 2. The summed E-state index contributed by atoms with van der Waals surface area (Å²) in [4.78, 5) is 28.5. The molecule has 1 aromatic heterocycles. The molecule has 1 saturated heterocycles. The summed E-state index contributed by atoms with van der Waals surface area (Å²) in [5, 5.41) is 15.9. The van der Waals surface area contributed by atoms with Crippen LogP contribution in [0.2, 0.25) is 0 Å². The Morgan fingerprint density at radius 1 is 1.08 bits per heavy atom. The van der Waals surface area contributed by atoms with E-state index < -0.39 is 38.9 Å². The van der Waals surface area contributed by atoms with Gasteiger partial charge < -0.3 is 15.3 Å². The first-order chi connectivity index (χ1) is 18.5. The first-order valence-corrected chi connectivity index (χ1v) is 15.9. The summed E-state index contributed by atoms with van der Waals surface area (Å²) < 4.78 is 28.1. The molecule has 0 spiro atoms. The molecule has 3 aromatic rings. The number of benzene rings is 2. The van der Waals surface area contributed by atoms with Gasteiger partial charge in [-0.2, -0.15) is 0 Å². The summed E-state index contributed by atoms with van der Waals surface area (Å²) in [5.74, 6) is -0.826. The van der Waals surface area contributed by atoms with Crippen molar-refractivity contribution in [3.63, 3.8) is 0 Å². The van der Waals surface area contributed by atoms with Crippen LogP contribution in [0.4, 0.5) is 0 Å². The van der Waals surface area contributed by atoms with Crippen LogP contribution in [0.5, 0.6) is 0 Å². The Morgan fingerprint density at radius 3 is 2.44 bits per heavy atom. The molecule has 3 atom stereocenters. The second-order valence-corrected chi connectivity index (χ2v) is 14.5. The Balaban J connectivity index is 1.56. The number of aryl methyl sites for hydroxylation is 1. The fourth-order valence-corrected chi connectivity index (χ4v) is 7.99. The van der Waals surface area contributed by atoms with E-state index in [4.69, 9.17) is 0 Å². The number of hydrogen-bond acceptors (Lipinski definition) is 7. The average molecular weight is 588 g/mol. The minimum absolute atomic E-state index is 0.0894. The maximum Gasteiger partial charge on any atom is 0.254 e. The highest BCUT2D eigenvalue weighted by Gasteiger charge is 2.50. The number of nitrogens with zero attached hydrogens (tertiary/aromatic N) is 1. The summed E-state index contributed by atoms with van der Waals surface area (Å²) in [6, 6.07) is 17.9. The summed E-state index contributed by atoms with van der Waals surface area (Å²) in [6.07, 6.45) is -1.62. The molecule has 3 unspecified atom stereocenters. The number of rotatable bonds is 10. The van der Waals surface area contributed by atoms with Gasteiger partial charge in [0.15, 0.2) is 0 Å². The molecule has 208 valence electrons. The smallest absolute Gasteiger partial charge is 0.254 e. The number of thioether (sulfide) groups is 1. The number of aliphatic hydroxyl groups is 1. The molecular formula is C28H33N3O5S3. The zero-order valence-corrected chi connectivity index (χ0v) is 24.5. The van der Waals surface area contributed by atoms with Crippen molar-refractivity contribution in [3.05, 3.63) is 88.8 Å². The van der Waals surface area contributed by atoms with Crippen LogP contribution in [-0.4, -0.2) is 59.1 Å². The molecule has 8 nitrogen and oxygen atoms in total. The zero-order valence-electron chi connectivity index (χ0n) is 22.0. The second kappa shape index (κ2) is 12.2. The highest BCUT2D eigenvalue weighted by atomic mass is 32.2. The molecule has 0 radical (unpaired) electrons. The van der Waals surface area contributed by atoms with E-state index in [1.807, 2.05) is 63.2 Å². The molecule has 0 aliphatic carbocycles. The van der Waals surface area contributed by atoms with E-state index in [1.165, 1.54) is 22.7 Å². The van der Waals surface area contributed by atoms with Crippen LogP contribution in [-0.2, 0) is 32.6 Å². The minimum atomic E-state index is -3.98. The van der Waals surface area contributed by atoms with Crippen molar-refractivity contribution < 1.29 is 23.1 Å². The third kappa shape index (κ3) is 6.90. The Morgan fingerprint density at radius 2 is 1.77 bits per heavy atom. The predicted molar refractivity (Wildman–Crippen MR) is 155 cm³/mol. The third-order valence-electron chi connectivity index (χ3n) is 6.79. The number of thiophene rings is 1. The van der Waals surface area contributed by atoms with Crippen LogP contribution in [0.3, 0.4) is 0 Å². The predicted octanol–water partition coefficient (Wildman–Crippen LogP) is 3.30. The number of nitrogens with one attached hydrogen (secondary N) is 2. The van der Waals surface area contributed by atoms with Crippen LogP contribution >= 0.6 is 23.1 Å². The summed E-state index contributed by atoms with van der Waals surface area (Å²) in [5.41, 5.74) is 2.77. The molecule has 4 rings (SSSR count). The number of sulfonamides is 1. The van der Waals surface area contributed by atoms with Gasteiger partial charge in [0.1, 0.15) is 16.4 Å². The topological polar surface area (TPSA) is 116 Å². The maximum absolute atomic E-state index is 13.7. The van der Waals surface area contributed by atoms with Crippen LogP contribution < -0.4 is 10.0 Å². The van der Waals surface area contributed by atoms with Crippen LogP contribution in [0.25, 0.3) is 0 Å². The molecule has 2 heterocycles. The van der Waals surface area contributed by atoms with E-state index in [0.29, 0.717) is 6.54 Å². The summed E-state index contributed by atoms with van der Waals surface area (Å²) >= 11 is 2.49. The first-order valence-electron chi connectivity index (χ1n) is 12.5. The van der Waals surface area contributed by atoms with Gasteiger partial charge in [-0.05, 0) is 55.3 Å². The molecule has 1 fully saturated rings. The van der Waals surface area contributed by atoms with E-state index >= 15 is 0 Å². The molecular weight excluding hydrogens is 555 g/mol. The van der Waals surface area contributed by atoms with Gasteiger partial charge in [-0.15, -0.1) is 23.1 Å². The number of aliphatic hydroxyl groups excluding tert-OH is 1. The minimum Gasteiger partial charge on any atom is -0.382 e. The van der Waals surface area contributed by atoms with Crippen molar-refractivity contribution in [1.29, 1.82) is 0 Å². The van der Waals surface area contributed by atoms with E-state index in [1.54, 1.807) is 23.6 Å². The van der Waals surface area contributed by atoms with Crippen LogP contribution in [0.1, 0.15) is 30.5 Å². The highest BCUT2D eigenvalue weighted by molar-refractivity contribution is 8.00. The van der Waals surface area contributed by atoms with E-state index in [-0.39, 0.29) is 22.4 Å². The molecule has 1 aliphatic rings. The molecule has 2 aromatic carbocycles.